The van der Waals surface area contributed by atoms with Crippen LogP contribution in [0.2, 0.25) is 0 Å². The molecule has 0 saturated carbocycles. The summed E-state index contributed by atoms with van der Waals surface area (Å²) in [5.74, 6) is 0. The second-order valence-electron chi connectivity index (χ2n) is 0.0962. The smallest absolute Gasteiger partial charge is 0.554 e. The zero-order valence-electron chi connectivity index (χ0n) is 5.10. The molecule has 0 saturated heterocycles. The summed E-state index contributed by atoms with van der Waals surface area (Å²) >= 11 is 0. The van der Waals surface area contributed by atoms with Gasteiger partial charge in [0.1, 0.15) is 0 Å². The molecule has 0 aliphatic rings. The van der Waals surface area contributed by atoms with E-state index in [2.05, 4.69) is 0 Å². The molecule has 0 heterocycles. The summed E-state index contributed by atoms with van der Waals surface area (Å²) in [6, 6.07) is 0. The molecule has 0 aromatic carbocycles. The first-order chi connectivity index (χ1) is 1.41. The van der Waals surface area contributed by atoms with Gasteiger partial charge in [-0.15, -0.1) is 0 Å². The minimum Gasteiger partial charge on any atom is -0.554 e. The maximum Gasteiger partial charge on any atom is 2.00 e. The Morgan fingerprint density at radius 2 is 0.800 bits per heavy atom. The largest absolute Gasteiger partial charge is 2.00 e. The Morgan fingerprint density at radius 1 is 0.800 bits per heavy atom. The molecule has 0 amide bonds. The van der Waals surface area contributed by atoms with Crippen LogP contribution in [0.5, 0.6) is 0 Å². The van der Waals surface area contributed by atoms with Crippen molar-refractivity contribution in [1.29, 1.82) is 0 Å². The molecule has 0 radical (unpaired) electrons. The number of carboxylic acid groups (broad SMARTS) is 1. The van der Waals surface area contributed by atoms with Crippen LogP contribution >= 0.6 is 0 Å². The first-order valence-electron chi connectivity index (χ1n) is 0.471. The molecule has 0 fully saturated rings. The molecule has 0 spiro atoms. The van der Waals surface area contributed by atoms with Crippen molar-refractivity contribution in [1.82, 2.24) is 0 Å². The van der Waals surface area contributed by atoms with Crippen LogP contribution in [-0.2, 0) is 24.3 Å². The van der Waals surface area contributed by atoms with E-state index in [1.54, 1.807) is 0 Å². The molecule has 12 N–H and O–H groups in total. The fraction of sp³-hybridized carbons (Fsp3) is 0. The van der Waals surface area contributed by atoms with Crippen LogP contribution in [0.1, 0.15) is 0 Å². The topological polar surface area (TPSA) is 229 Å². The van der Waals surface area contributed by atoms with Gasteiger partial charge in [0.25, 0.3) is 0 Å². The van der Waals surface area contributed by atoms with Crippen molar-refractivity contribution in [2.75, 3.05) is 0 Å². The number of rotatable bonds is 0. The third-order valence-corrected chi connectivity index (χ3v) is 0. The van der Waals surface area contributed by atoms with Crippen molar-refractivity contribution in [3.05, 3.63) is 0 Å². The van der Waals surface area contributed by atoms with Gasteiger partial charge in [-0.2, -0.15) is 0 Å². The molecule has 8 nitrogen and oxygen atoms in total. The molecule has 66 valence electrons. The summed E-state index contributed by atoms with van der Waals surface area (Å²) in [6.07, 6.45) is 0. The SMILES string of the molecule is O.O.O.O.O.O.O=C[O-].[Zn+2]. The van der Waals surface area contributed by atoms with Gasteiger partial charge in [0.05, 0.1) is 0 Å². The molecule has 0 aromatic rings. The first kappa shape index (κ1) is 225. The van der Waals surface area contributed by atoms with Crippen LogP contribution in [0.3, 0.4) is 0 Å². The molecule has 0 aliphatic heterocycles. The van der Waals surface area contributed by atoms with Gasteiger partial charge in [-0.25, -0.2) is 0 Å². The Bertz CT molecular complexity index is 16.7. The summed E-state index contributed by atoms with van der Waals surface area (Å²) in [7, 11) is 0. The van der Waals surface area contributed by atoms with Gasteiger partial charge in [0.2, 0.25) is 0 Å². The van der Waals surface area contributed by atoms with E-state index in [0.717, 1.165) is 0 Å². The predicted octanol–water partition coefficient (Wildman–Crippen LogP) is -6.58. The molecule has 0 bridgehead atoms. The molecular formula is CH13O8Zn+. The van der Waals surface area contributed by atoms with Gasteiger partial charge in [0.15, 0.2) is 0 Å². The minimum absolute atomic E-state index is 0. The number of hydrogen-bond donors (Lipinski definition) is 0. The summed E-state index contributed by atoms with van der Waals surface area (Å²) in [6.45, 7) is -0.500. The van der Waals surface area contributed by atoms with E-state index in [4.69, 9.17) is 9.90 Å². The van der Waals surface area contributed by atoms with Crippen molar-refractivity contribution in [3.63, 3.8) is 0 Å². The Labute approximate surface area is 69.5 Å². The molecule has 10 heavy (non-hydrogen) atoms. The Balaban J connectivity index is -0.000000000952. The van der Waals surface area contributed by atoms with Crippen molar-refractivity contribution >= 4 is 6.47 Å². The Morgan fingerprint density at radius 3 is 0.800 bits per heavy atom. The van der Waals surface area contributed by atoms with Gasteiger partial charge >= 0.3 is 19.5 Å². The molecule has 0 atom stereocenters. The second kappa shape index (κ2) is 750. The third-order valence-electron chi connectivity index (χ3n) is 0. The number of carbonyl (C=O) groups is 1. The monoisotopic (exact) mass is 217 g/mol. The summed E-state index contributed by atoms with van der Waals surface area (Å²) in [5, 5.41) is 8.25. The third kappa shape index (κ3) is 17200. The summed E-state index contributed by atoms with van der Waals surface area (Å²) < 4.78 is 0. The van der Waals surface area contributed by atoms with Gasteiger partial charge in [-0.3, -0.25) is 0 Å². The molecule has 9 heteroatoms. The van der Waals surface area contributed by atoms with Crippen molar-refractivity contribution in [2.24, 2.45) is 0 Å². The van der Waals surface area contributed by atoms with E-state index >= 15 is 0 Å². The van der Waals surface area contributed by atoms with E-state index in [1.807, 2.05) is 0 Å². The van der Waals surface area contributed by atoms with Gasteiger partial charge in [0, 0.05) is 6.47 Å². The molecular weight excluding hydrogens is 205 g/mol. The number of carbonyl (C=O) groups excluding carboxylic acids is 1. The van der Waals surface area contributed by atoms with E-state index in [9.17, 15) is 0 Å². The number of hydrogen-bond acceptors (Lipinski definition) is 2. The van der Waals surface area contributed by atoms with Gasteiger partial charge in [-0.05, 0) is 0 Å². The normalized spacial score (nSPS) is 1.20. The predicted molar refractivity (Wildman–Crippen MR) is 27.7 cm³/mol. The van der Waals surface area contributed by atoms with Crippen LogP contribution in [-0.4, -0.2) is 39.3 Å². The average Bonchev–Trinajstić information content (AvgIpc) is 0.918. The standard InChI is InChI=1S/CH2O2.6H2O.Zn/c2-1-3;;;;;;;/h1H,(H,2,3);6*1H2;/q;;;;;;;+2/p-1. The molecule has 0 rings (SSSR count). The van der Waals surface area contributed by atoms with Crippen molar-refractivity contribution in [3.8, 4) is 0 Å². The van der Waals surface area contributed by atoms with E-state index < -0.39 is 6.47 Å². The molecule has 0 aromatic heterocycles. The maximum atomic E-state index is 8.25. The quantitative estimate of drug-likeness (QED) is 0.285. The molecule has 0 unspecified atom stereocenters. The zero-order valence-corrected chi connectivity index (χ0v) is 8.07. The van der Waals surface area contributed by atoms with Crippen LogP contribution in [0.25, 0.3) is 0 Å². The van der Waals surface area contributed by atoms with E-state index in [-0.39, 0.29) is 52.3 Å². The van der Waals surface area contributed by atoms with Crippen LogP contribution < -0.4 is 5.11 Å². The van der Waals surface area contributed by atoms with Crippen LogP contribution in [0, 0.1) is 0 Å². The first-order valence-corrected chi connectivity index (χ1v) is 0.471. The van der Waals surface area contributed by atoms with E-state index in [1.165, 1.54) is 0 Å². The average molecular weight is 218 g/mol. The zero-order chi connectivity index (χ0) is 2.71. The maximum absolute atomic E-state index is 8.25. The van der Waals surface area contributed by atoms with Crippen molar-refractivity contribution < 1.29 is 62.2 Å². The van der Waals surface area contributed by atoms with E-state index in [0.29, 0.717) is 0 Å². The Kier molecular flexibility index (Phi) is 16900. The second-order valence-corrected chi connectivity index (χ2v) is 0.0962. The van der Waals surface area contributed by atoms with Crippen LogP contribution in [0.4, 0.5) is 0 Å². The fourth-order valence-electron chi connectivity index (χ4n) is 0. The minimum atomic E-state index is -0.500. The fourth-order valence-corrected chi connectivity index (χ4v) is 0. The Hall–Kier alpha value is -0.147. The van der Waals surface area contributed by atoms with Crippen LogP contribution in [0.15, 0.2) is 0 Å². The van der Waals surface area contributed by atoms with Gasteiger partial charge < -0.3 is 42.8 Å². The van der Waals surface area contributed by atoms with Gasteiger partial charge in [-0.1, -0.05) is 0 Å². The van der Waals surface area contributed by atoms with Crippen molar-refractivity contribution in [2.45, 2.75) is 0 Å². The summed E-state index contributed by atoms with van der Waals surface area (Å²) in [5.41, 5.74) is 0. The summed E-state index contributed by atoms with van der Waals surface area (Å²) in [4.78, 5) is 8.25. The molecule has 0 aliphatic carbocycles.